The lowest BCUT2D eigenvalue weighted by Crippen LogP contribution is -2.30. The van der Waals surface area contributed by atoms with Crippen molar-refractivity contribution in [3.05, 3.63) is 35.0 Å². The van der Waals surface area contributed by atoms with Gasteiger partial charge in [0.1, 0.15) is 0 Å². The SMILES string of the molecule is CCC1C=CC(C)=c2ccnnc2=C1. The van der Waals surface area contributed by atoms with Crippen molar-refractivity contribution in [1.29, 1.82) is 0 Å². The van der Waals surface area contributed by atoms with Crippen LogP contribution in [0.25, 0.3) is 11.6 Å². The molecule has 1 atom stereocenters. The summed E-state index contributed by atoms with van der Waals surface area (Å²) in [5.41, 5.74) is 1.27. The van der Waals surface area contributed by atoms with Gasteiger partial charge in [0, 0.05) is 5.22 Å². The Labute approximate surface area is 83.7 Å². The highest BCUT2D eigenvalue weighted by Crippen LogP contribution is 2.09. The average Bonchev–Trinajstić information content (AvgIpc) is 2.39. The summed E-state index contributed by atoms with van der Waals surface area (Å²) >= 11 is 0. The number of nitrogens with zero attached hydrogens (tertiary/aromatic N) is 2. The van der Waals surface area contributed by atoms with E-state index >= 15 is 0 Å². The van der Waals surface area contributed by atoms with Gasteiger partial charge in [-0.25, -0.2) is 0 Å². The number of allylic oxidation sites excluding steroid dienone is 2. The number of hydrogen-bond donors (Lipinski definition) is 0. The van der Waals surface area contributed by atoms with E-state index in [1.807, 2.05) is 6.07 Å². The normalized spacial score (nSPS) is 19.9. The molecule has 2 rings (SSSR count). The van der Waals surface area contributed by atoms with Crippen molar-refractivity contribution in [2.24, 2.45) is 5.92 Å². The van der Waals surface area contributed by atoms with Gasteiger partial charge >= 0.3 is 0 Å². The fourth-order valence-corrected chi connectivity index (χ4v) is 1.67. The minimum Gasteiger partial charge on any atom is -0.159 e. The molecule has 2 nitrogen and oxygen atoms in total. The fraction of sp³-hybridized carbons (Fsp3) is 0.333. The third kappa shape index (κ3) is 1.60. The van der Waals surface area contributed by atoms with Gasteiger partial charge in [-0.2, -0.15) is 10.2 Å². The molecule has 1 aromatic rings. The Balaban J connectivity index is 2.72. The molecular weight excluding hydrogens is 172 g/mol. The van der Waals surface area contributed by atoms with E-state index in [1.54, 1.807) is 6.20 Å². The first kappa shape index (κ1) is 9.13. The molecule has 0 aliphatic heterocycles. The van der Waals surface area contributed by atoms with Crippen LogP contribution in [0.5, 0.6) is 0 Å². The maximum atomic E-state index is 4.16. The first-order valence-electron chi connectivity index (χ1n) is 5.00. The van der Waals surface area contributed by atoms with Crippen LogP contribution in [-0.4, -0.2) is 10.2 Å². The molecule has 1 aliphatic carbocycles. The maximum absolute atomic E-state index is 4.16. The third-order valence-electron chi connectivity index (χ3n) is 2.61. The van der Waals surface area contributed by atoms with Gasteiger partial charge in [0.2, 0.25) is 0 Å². The third-order valence-corrected chi connectivity index (χ3v) is 2.61. The zero-order chi connectivity index (χ0) is 9.97. The minimum absolute atomic E-state index is 0.489. The molecule has 0 aromatic carbocycles. The molecule has 0 saturated carbocycles. The zero-order valence-electron chi connectivity index (χ0n) is 8.57. The Kier molecular flexibility index (Phi) is 2.44. The lowest BCUT2D eigenvalue weighted by Gasteiger charge is -1.99. The summed E-state index contributed by atoms with van der Waals surface area (Å²) in [4.78, 5) is 0. The fourth-order valence-electron chi connectivity index (χ4n) is 1.67. The first-order chi connectivity index (χ1) is 6.81. The summed E-state index contributed by atoms with van der Waals surface area (Å²) in [6.45, 7) is 4.30. The molecule has 0 radical (unpaired) electrons. The molecule has 0 bridgehead atoms. The van der Waals surface area contributed by atoms with E-state index in [0.29, 0.717) is 5.92 Å². The smallest absolute Gasteiger partial charge is 0.0898 e. The number of rotatable bonds is 1. The molecule has 1 aromatic heterocycles. The molecule has 14 heavy (non-hydrogen) atoms. The lowest BCUT2D eigenvalue weighted by atomic mass is 10.1. The Morgan fingerprint density at radius 3 is 3.07 bits per heavy atom. The lowest BCUT2D eigenvalue weighted by molar-refractivity contribution is 0.806. The van der Waals surface area contributed by atoms with E-state index in [2.05, 4.69) is 42.3 Å². The highest BCUT2D eigenvalue weighted by molar-refractivity contribution is 5.56. The van der Waals surface area contributed by atoms with Crippen LogP contribution < -0.4 is 10.6 Å². The Morgan fingerprint density at radius 1 is 1.43 bits per heavy atom. The first-order valence-corrected chi connectivity index (χ1v) is 5.00. The van der Waals surface area contributed by atoms with Crippen LogP contribution in [-0.2, 0) is 0 Å². The Morgan fingerprint density at radius 2 is 2.29 bits per heavy atom. The van der Waals surface area contributed by atoms with Crippen LogP contribution in [0.2, 0.25) is 0 Å². The zero-order valence-corrected chi connectivity index (χ0v) is 8.57. The van der Waals surface area contributed by atoms with Crippen LogP contribution >= 0.6 is 0 Å². The summed E-state index contributed by atoms with van der Waals surface area (Å²) in [7, 11) is 0. The number of aromatic nitrogens is 2. The minimum atomic E-state index is 0.489. The second-order valence-corrected chi connectivity index (χ2v) is 3.61. The van der Waals surface area contributed by atoms with Gasteiger partial charge in [0.05, 0.1) is 11.5 Å². The van der Waals surface area contributed by atoms with Crippen LogP contribution in [0, 0.1) is 5.92 Å². The number of hydrogen-bond acceptors (Lipinski definition) is 2. The van der Waals surface area contributed by atoms with Gasteiger partial charge in [-0.1, -0.05) is 19.1 Å². The van der Waals surface area contributed by atoms with E-state index in [1.165, 1.54) is 10.8 Å². The van der Waals surface area contributed by atoms with Crippen LogP contribution in [0.3, 0.4) is 0 Å². The molecule has 0 N–H and O–H groups in total. The van der Waals surface area contributed by atoms with E-state index < -0.39 is 0 Å². The second kappa shape index (κ2) is 3.74. The summed E-state index contributed by atoms with van der Waals surface area (Å²) in [5.74, 6) is 0.489. The van der Waals surface area contributed by atoms with Crippen molar-refractivity contribution < 1.29 is 0 Å². The number of fused-ring (bicyclic) bond motifs is 1. The molecule has 0 spiro atoms. The predicted octanol–water partition coefficient (Wildman–Crippen LogP) is 1.02. The quantitative estimate of drug-likeness (QED) is 0.654. The van der Waals surface area contributed by atoms with Crippen LogP contribution in [0.15, 0.2) is 24.4 Å². The Bertz CT molecular complexity index is 471. The van der Waals surface area contributed by atoms with E-state index in [-0.39, 0.29) is 0 Å². The maximum Gasteiger partial charge on any atom is 0.0898 e. The second-order valence-electron chi connectivity index (χ2n) is 3.61. The van der Waals surface area contributed by atoms with E-state index in [0.717, 1.165) is 11.8 Å². The van der Waals surface area contributed by atoms with Gasteiger partial charge in [0.25, 0.3) is 0 Å². The van der Waals surface area contributed by atoms with Gasteiger partial charge in [-0.3, -0.25) is 0 Å². The molecule has 72 valence electrons. The predicted molar refractivity (Wildman–Crippen MR) is 57.8 cm³/mol. The molecule has 0 saturated heterocycles. The topological polar surface area (TPSA) is 25.8 Å². The molecule has 0 amide bonds. The standard InChI is InChI=1S/C12H14N2/c1-3-10-5-4-9(2)11-6-7-13-14-12(11)8-10/h4-8,10H,3H2,1-2H3. The molecular formula is C12H14N2. The van der Waals surface area contributed by atoms with E-state index in [9.17, 15) is 0 Å². The van der Waals surface area contributed by atoms with Gasteiger partial charge < -0.3 is 0 Å². The van der Waals surface area contributed by atoms with Crippen molar-refractivity contribution in [2.45, 2.75) is 20.3 Å². The monoisotopic (exact) mass is 186 g/mol. The van der Waals surface area contributed by atoms with Crippen molar-refractivity contribution in [2.75, 3.05) is 0 Å². The summed E-state index contributed by atoms with van der Waals surface area (Å²) in [6.07, 6.45) is 9.46. The van der Waals surface area contributed by atoms with Gasteiger partial charge in [0.15, 0.2) is 0 Å². The van der Waals surface area contributed by atoms with Crippen molar-refractivity contribution in [3.63, 3.8) is 0 Å². The highest BCUT2D eigenvalue weighted by Gasteiger charge is 2.02. The molecule has 2 heteroatoms. The molecule has 0 fully saturated rings. The van der Waals surface area contributed by atoms with Crippen molar-refractivity contribution in [1.82, 2.24) is 10.2 Å². The summed E-state index contributed by atoms with van der Waals surface area (Å²) < 4.78 is 0. The summed E-state index contributed by atoms with van der Waals surface area (Å²) in [5, 5.41) is 10.3. The van der Waals surface area contributed by atoms with Crippen LogP contribution in [0.4, 0.5) is 0 Å². The molecule has 1 aliphatic rings. The van der Waals surface area contributed by atoms with Crippen LogP contribution in [0.1, 0.15) is 20.3 Å². The van der Waals surface area contributed by atoms with Gasteiger partial charge in [-0.15, -0.1) is 0 Å². The highest BCUT2D eigenvalue weighted by atomic mass is 15.1. The van der Waals surface area contributed by atoms with E-state index in [4.69, 9.17) is 0 Å². The van der Waals surface area contributed by atoms with Crippen molar-refractivity contribution >= 4 is 11.6 Å². The average molecular weight is 186 g/mol. The van der Waals surface area contributed by atoms with Gasteiger partial charge in [-0.05, 0) is 37.0 Å². The largest absolute Gasteiger partial charge is 0.159 e. The van der Waals surface area contributed by atoms with Crippen molar-refractivity contribution in [3.8, 4) is 0 Å². The molecule has 1 unspecified atom stereocenters. The molecule has 1 heterocycles. The summed E-state index contributed by atoms with van der Waals surface area (Å²) in [6, 6.07) is 2.02. The Hall–Kier alpha value is -1.44.